The van der Waals surface area contributed by atoms with E-state index in [9.17, 15) is 0 Å². The van der Waals surface area contributed by atoms with Crippen LogP contribution < -0.4 is 0 Å². The summed E-state index contributed by atoms with van der Waals surface area (Å²) in [5.74, 6) is 0. The van der Waals surface area contributed by atoms with Crippen LogP contribution in [0.5, 0.6) is 0 Å². The first-order chi connectivity index (χ1) is 10.3. The van der Waals surface area contributed by atoms with Crippen molar-refractivity contribution < 1.29 is 0 Å². The first kappa shape index (κ1) is 13.1. The van der Waals surface area contributed by atoms with Crippen LogP contribution in [0.25, 0.3) is 11.3 Å². The lowest BCUT2D eigenvalue weighted by molar-refractivity contribution is 0.602. The van der Waals surface area contributed by atoms with Crippen molar-refractivity contribution in [2.24, 2.45) is 0 Å². The molecule has 104 valence electrons. The van der Waals surface area contributed by atoms with Crippen molar-refractivity contribution in [1.29, 1.82) is 5.26 Å². The van der Waals surface area contributed by atoms with Gasteiger partial charge >= 0.3 is 0 Å². The lowest BCUT2D eigenvalue weighted by atomic mass is 10.1. The van der Waals surface area contributed by atoms with Gasteiger partial charge in [-0.25, -0.2) is 9.67 Å². The monoisotopic (exact) mass is 278 g/mol. The van der Waals surface area contributed by atoms with Gasteiger partial charge in [0.25, 0.3) is 0 Å². The topological polar surface area (TPSA) is 72.3 Å². The number of imidazole rings is 1. The molecule has 0 fully saturated rings. The Morgan fingerprint density at radius 2 is 2.24 bits per heavy atom. The van der Waals surface area contributed by atoms with E-state index in [4.69, 9.17) is 5.26 Å². The van der Waals surface area contributed by atoms with Gasteiger partial charge in [0.1, 0.15) is 5.69 Å². The minimum atomic E-state index is 0.617. The summed E-state index contributed by atoms with van der Waals surface area (Å²) in [5, 5.41) is 17.3. The van der Waals surface area contributed by atoms with Gasteiger partial charge in [-0.2, -0.15) is 5.26 Å². The second-order valence-corrected chi connectivity index (χ2v) is 4.66. The Morgan fingerprint density at radius 1 is 1.33 bits per heavy atom. The molecule has 0 saturated heterocycles. The summed E-state index contributed by atoms with van der Waals surface area (Å²) in [6, 6.07) is 9.48. The maximum Gasteiger partial charge on any atom is 0.113 e. The first-order valence-corrected chi connectivity index (χ1v) is 6.70. The zero-order chi connectivity index (χ0) is 14.7. The fourth-order valence-electron chi connectivity index (χ4n) is 2.19. The number of rotatable bonds is 4. The van der Waals surface area contributed by atoms with E-state index in [1.54, 1.807) is 10.7 Å². The van der Waals surface area contributed by atoms with E-state index in [2.05, 4.69) is 32.9 Å². The van der Waals surface area contributed by atoms with Crippen LogP contribution >= 0.6 is 0 Å². The fourth-order valence-corrected chi connectivity index (χ4v) is 2.19. The maximum atomic E-state index is 8.94. The third-order valence-electron chi connectivity index (χ3n) is 3.29. The normalized spacial score (nSPS) is 10.5. The molecule has 0 amide bonds. The van der Waals surface area contributed by atoms with Gasteiger partial charge in [-0.3, -0.25) is 0 Å². The van der Waals surface area contributed by atoms with Crippen LogP contribution in [0, 0.1) is 11.3 Å². The molecule has 2 heterocycles. The average molecular weight is 278 g/mol. The number of aromatic nitrogens is 5. The van der Waals surface area contributed by atoms with E-state index in [0.717, 1.165) is 23.5 Å². The Labute approximate surface area is 122 Å². The van der Waals surface area contributed by atoms with E-state index >= 15 is 0 Å². The van der Waals surface area contributed by atoms with E-state index in [0.29, 0.717) is 12.1 Å². The van der Waals surface area contributed by atoms with Crippen molar-refractivity contribution in [2.75, 3.05) is 0 Å². The van der Waals surface area contributed by atoms with Crippen LogP contribution in [-0.2, 0) is 13.1 Å². The molecule has 6 heteroatoms. The molecule has 6 nitrogen and oxygen atoms in total. The van der Waals surface area contributed by atoms with Gasteiger partial charge in [0.15, 0.2) is 0 Å². The SMILES string of the molecule is CCn1cncc1Cn1cc(-c2cccc(C#N)c2)nn1. The van der Waals surface area contributed by atoms with Gasteiger partial charge < -0.3 is 4.57 Å². The number of hydrogen-bond acceptors (Lipinski definition) is 4. The molecule has 21 heavy (non-hydrogen) atoms. The van der Waals surface area contributed by atoms with Crippen molar-refractivity contribution in [3.8, 4) is 17.3 Å². The van der Waals surface area contributed by atoms with E-state index in [-0.39, 0.29) is 0 Å². The van der Waals surface area contributed by atoms with Crippen LogP contribution in [0.2, 0.25) is 0 Å². The molecule has 0 N–H and O–H groups in total. The summed E-state index contributed by atoms with van der Waals surface area (Å²) < 4.78 is 3.84. The molecule has 2 aromatic heterocycles. The lowest BCUT2D eigenvalue weighted by Crippen LogP contribution is -2.06. The molecular weight excluding hydrogens is 264 g/mol. The zero-order valence-electron chi connectivity index (χ0n) is 11.6. The van der Waals surface area contributed by atoms with Gasteiger partial charge in [-0.05, 0) is 19.1 Å². The second-order valence-electron chi connectivity index (χ2n) is 4.66. The molecule has 0 aliphatic rings. The highest BCUT2D eigenvalue weighted by atomic mass is 15.4. The van der Waals surface area contributed by atoms with Crippen molar-refractivity contribution >= 4 is 0 Å². The minimum Gasteiger partial charge on any atom is -0.333 e. The highest BCUT2D eigenvalue weighted by Gasteiger charge is 2.07. The Balaban J connectivity index is 1.85. The van der Waals surface area contributed by atoms with Crippen LogP contribution in [0.1, 0.15) is 18.2 Å². The number of nitriles is 1. The number of hydrogen-bond donors (Lipinski definition) is 0. The Bertz CT molecular complexity index is 792. The number of aryl methyl sites for hydroxylation is 1. The highest BCUT2D eigenvalue weighted by molar-refractivity contribution is 5.60. The van der Waals surface area contributed by atoms with Crippen molar-refractivity contribution in [3.05, 3.63) is 54.2 Å². The number of benzene rings is 1. The maximum absolute atomic E-state index is 8.94. The first-order valence-electron chi connectivity index (χ1n) is 6.70. The molecular formula is C15H14N6. The van der Waals surface area contributed by atoms with Gasteiger partial charge in [0.05, 0.1) is 42.6 Å². The molecule has 0 saturated carbocycles. The standard InChI is InChI=1S/C15H14N6/c1-2-20-11-17-8-14(20)9-21-10-15(18-19-21)13-5-3-4-12(6-13)7-16/h3-6,8,10-11H,2,9H2,1H3. The molecule has 0 radical (unpaired) electrons. The van der Waals surface area contributed by atoms with E-state index in [1.165, 1.54) is 0 Å². The van der Waals surface area contributed by atoms with Crippen LogP contribution in [-0.4, -0.2) is 24.5 Å². The summed E-state index contributed by atoms with van der Waals surface area (Å²) in [4.78, 5) is 4.14. The van der Waals surface area contributed by atoms with Gasteiger partial charge in [0.2, 0.25) is 0 Å². The molecule has 0 unspecified atom stereocenters. The van der Waals surface area contributed by atoms with Crippen LogP contribution in [0.3, 0.4) is 0 Å². The summed E-state index contributed by atoms with van der Waals surface area (Å²) in [5.41, 5.74) is 3.35. The fraction of sp³-hybridized carbons (Fsp3) is 0.200. The quantitative estimate of drug-likeness (QED) is 0.732. The minimum absolute atomic E-state index is 0.617. The molecule has 0 aliphatic heterocycles. The van der Waals surface area contributed by atoms with Crippen molar-refractivity contribution in [3.63, 3.8) is 0 Å². The Hall–Kier alpha value is -2.94. The van der Waals surface area contributed by atoms with Crippen LogP contribution in [0.15, 0.2) is 43.0 Å². The molecule has 0 atom stereocenters. The molecule has 3 rings (SSSR count). The largest absolute Gasteiger partial charge is 0.333 e. The van der Waals surface area contributed by atoms with Crippen molar-refractivity contribution in [1.82, 2.24) is 24.5 Å². The number of nitrogens with zero attached hydrogens (tertiary/aromatic N) is 6. The molecule has 0 spiro atoms. The van der Waals surface area contributed by atoms with Gasteiger partial charge in [-0.15, -0.1) is 5.10 Å². The lowest BCUT2D eigenvalue weighted by Gasteiger charge is -2.03. The summed E-state index contributed by atoms with van der Waals surface area (Å²) in [6.07, 6.45) is 5.52. The second kappa shape index (κ2) is 5.59. The summed E-state index contributed by atoms with van der Waals surface area (Å²) in [6.45, 7) is 3.57. The smallest absolute Gasteiger partial charge is 0.113 e. The molecule has 3 aromatic rings. The van der Waals surface area contributed by atoms with E-state index in [1.807, 2.05) is 36.9 Å². The van der Waals surface area contributed by atoms with Gasteiger partial charge in [-0.1, -0.05) is 17.3 Å². The summed E-state index contributed by atoms with van der Waals surface area (Å²) in [7, 11) is 0. The van der Waals surface area contributed by atoms with Crippen LogP contribution in [0.4, 0.5) is 0 Å². The third-order valence-corrected chi connectivity index (χ3v) is 3.29. The molecule has 0 bridgehead atoms. The molecule has 1 aromatic carbocycles. The molecule has 0 aliphatic carbocycles. The Morgan fingerprint density at radius 3 is 3.05 bits per heavy atom. The third kappa shape index (κ3) is 2.67. The summed E-state index contributed by atoms with van der Waals surface area (Å²) >= 11 is 0. The zero-order valence-corrected chi connectivity index (χ0v) is 11.6. The Kier molecular flexibility index (Phi) is 3.48. The van der Waals surface area contributed by atoms with E-state index < -0.39 is 0 Å². The average Bonchev–Trinajstić information content (AvgIpc) is 3.17. The highest BCUT2D eigenvalue weighted by Crippen LogP contribution is 2.17. The predicted molar refractivity (Wildman–Crippen MR) is 77.2 cm³/mol. The van der Waals surface area contributed by atoms with Crippen molar-refractivity contribution in [2.45, 2.75) is 20.0 Å². The van der Waals surface area contributed by atoms with Gasteiger partial charge in [0, 0.05) is 12.1 Å². The predicted octanol–water partition coefficient (Wildman–Crippen LogP) is 2.08.